The summed E-state index contributed by atoms with van der Waals surface area (Å²) in [6, 6.07) is 3.71. The number of hydrogen-bond donors (Lipinski definition) is 1. The number of carboxylic acids is 1. The van der Waals surface area contributed by atoms with E-state index in [0.29, 0.717) is 5.56 Å². The summed E-state index contributed by atoms with van der Waals surface area (Å²) >= 11 is 0. The van der Waals surface area contributed by atoms with Crippen molar-refractivity contribution in [3.05, 3.63) is 35.1 Å². The molecule has 1 aromatic carbocycles. The summed E-state index contributed by atoms with van der Waals surface area (Å²) in [6.45, 7) is 1.61. The highest BCUT2D eigenvalue weighted by molar-refractivity contribution is 5.75. The normalized spacial score (nSPS) is 11.5. The summed E-state index contributed by atoms with van der Waals surface area (Å²) in [6.07, 6.45) is -1.13. The summed E-state index contributed by atoms with van der Waals surface area (Å²) in [4.78, 5) is 10.1. The molecule has 82 valence electrons. The first kappa shape index (κ1) is 11.6. The van der Waals surface area contributed by atoms with Crippen LogP contribution in [0.4, 0.5) is 13.2 Å². The summed E-state index contributed by atoms with van der Waals surface area (Å²) < 4.78 is 38.6. The molecule has 0 spiro atoms. The third-order valence-corrected chi connectivity index (χ3v) is 1.93. The van der Waals surface area contributed by atoms with Crippen LogP contribution in [0.3, 0.4) is 0 Å². The molecular weight excluding hydrogens is 209 g/mol. The van der Waals surface area contributed by atoms with Crippen molar-refractivity contribution in [3.8, 4) is 0 Å². The van der Waals surface area contributed by atoms with Gasteiger partial charge in [-0.2, -0.15) is 8.78 Å². The molecule has 5 heteroatoms. The van der Waals surface area contributed by atoms with Gasteiger partial charge in [0.2, 0.25) is 0 Å². The fourth-order valence-corrected chi connectivity index (χ4v) is 1.11. The largest absolute Gasteiger partial charge is 0.477 e. The summed E-state index contributed by atoms with van der Waals surface area (Å²) in [5, 5.41) is 8.18. The molecule has 0 fully saturated rings. The zero-order valence-corrected chi connectivity index (χ0v) is 7.93. The fourth-order valence-electron chi connectivity index (χ4n) is 1.11. The third kappa shape index (κ3) is 2.71. The van der Waals surface area contributed by atoms with E-state index in [1.54, 1.807) is 6.92 Å². The Kier molecular flexibility index (Phi) is 3.02. The first-order valence-corrected chi connectivity index (χ1v) is 4.19. The minimum Gasteiger partial charge on any atom is -0.477 e. The molecule has 0 saturated carbocycles. The molecule has 2 nitrogen and oxygen atoms in total. The second-order valence-electron chi connectivity index (χ2n) is 3.28. The molecule has 1 N–H and O–H groups in total. The van der Waals surface area contributed by atoms with Crippen molar-refractivity contribution in [1.29, 1.82) is 0 Å². The zero-order valence-electron chi connectivity index (χ0n) is 7.93. The summed E-state index contributed by atoms with van der Waals surface area (Å²) in [5.74, 6) is -6.99. The van der Waals surface area contributed by atoms with Gasteiger partial charge in [-0.05, 0) is 24.1 Å². The predicted molar refractivity (Wildman–Crippen MR) is 47.4 cm³/mol. The Labute approximate surface area is 84.3 Å². The molecule has 0 aliphatic carbocycles. The van der Waals surface area contributed by atoms with Crippen molar-refractivity contribution >= 4 is 5.97 Å². The van der Waals surface area contributed by atoms with Crippen LogP contribution in [-0.4, -0.2) is 17.0 Å². The number of benzene rings is 1. The highest BCUT2D eigenvalue weighted by Crippen LogP contribution is 2.22. The van der Waals surface area contributed by atoms with Gasteiger partial charge in [0.1, 0.15) is 5.82 Å². The Hall–Kier alpha value is -1.52. The lowest BCUT2D eigenvalue weighted by molar-refractivity contribution is -0.164. The molecule has 0 aliphatic heterocycles. The van der Waals surface area contributed by atoms with Crippen molar-refractivity contribution in [3.63, 3.8) is 0 Å². The minimum absolute atomic E-state index is 0.298. The molecule has 1 aromatic rings. The lowest BCUT2D eigenvalue weighted by Gasteiger charge is -2.11. The average molecular weight is 218 g/mol. The maximum absolute atomic E-state index is 13.1. The quantitative estimate of drug-likeness (QED) is 0.845. The van der Waals surface area contributed by atoms with Crippen LogP contribution in [-0.2, 0) is 11.2 Å². The van der Waals surface area contributed by atoms with Crippen LogP contribution in [0.15, 0.2) is 18.2 Å². The maximum atomic E-state index is 13.1. The molecule has 1 rings (SSSR count). The van der Waals surface area contributed by atoms with E-state index < -0.39 is 24.1 Å². The highest BCUT2D eigenvalue weighted by atomic mass is 19.3. The molecule has 0 unspecified atom stereocenters. The second kappa shape index (κ2) is 3.92. The van der Waals surface area contributed by atoms with Gasteiger partial charge in [-0.3, -0.25) is 0 Å². The van der Waals surface area contributed by atoms with E-state index in [4.69, 9.17) is 5.11 Å². The van der Waals surface area contributed by atoms with E-state index in [1.807, 2.05) is 0 Å². The topological polar surface area (TPSA) is 37.3 Å². The molecular formula is C10H9F3O2. The number of aliphatic carboxylic acids is 1. The van der Waals surface area contributed by atoms with E-state index in [2.05, 4.69) is 0 Å². The van der Waals surface area contributed by atoms with Gasteiger partial charge in [-0.1, -0.05) is 12.1 Å². The molecule has 0 bridgehead atoms. The number of hydrogen-bond acceptors (Lipinski definition) is 1. The van der Waals surface area contributed by atoms with E-state index in [9.17, 15) is 18.0 Å². The second-order valence-corrected chi connectivity index (χ2v) is 3.28. The van der Waals surface area contributed by atoms with Crippen molar-refractivity contribution in [2.24, 2.45) is 0 Å². The van der Waals surface area contributed by atoms with Crippen molar-refractivity contribution < 1.29 is 23.1 Å². The molecule has 0 amide bonds. The van der Waals surface area contributed by atoms with Crippen LogP contribution in [0.1, 0.15) is 11.1 Å². The van der Waals surface area contributed by atoms with Crippen LogP contribution in [0.5, 0.6) is 0 Å². The van der Waals surface area contributed by atoms with Gasteiger partial charge < -0.3 is 5.11 Å². The highest BCUT2D eigenvalue weighted by Gasteiger charge is 2.39. The Morgan fingerprint density at radius 2 is 2.07 bits per heavy atom. The monoisotopic (exact) mass is 218 g/mol. The average Bonchev–Trinajstić information content (AvgIpc) is 2.09. The molecule has 0 saturated heterocycles. The predicted octanol–water partition coefficient (Wildman–Crippen LogP) is 2.40. The first-order valence-electron chi connectivity index (χ1n) is 4.19. The lowest BCUT2D eigenvalue weighted by atomic mass is 10.0. The number of aryl methyl sites for hydroxylation is 1. The SMILES string of the molecule is Cc1ccc(CC(F)(F)C(=O)O)c(F)c1. The Balaban J connectivity index is 2.95. The number of rotatable bonds is 3. The van der Waals surface area contributed by atoms with Gasteiger partial charge in [0.15, 0.2) is 0 Å². The van der Waals surface area contributed by atoms with E-state index in [0.717, 1.165) is 6.07 Å². The number of halogens is 3. The van der Waals surface area contributed by atoms with Gasteiger partial charge in [0.25, 0.3) is 0 Å². The number of carboxylic acid groups (broad SMARTS) is 1. The molecule has 0 aliphatic rings. The van der Waals surface area contributed by atoms with Crippen molar-refractivity contribution in [2.75, 3.05) is 0 Å². The number of carbonyl (C=O) groups is 1. The van der Waals surface area contributed by atoms with Crippen LogP contribution in [0, 0.1) is 12.7 Å². The molecule has 15 heavy (non-hydrogen) atoms. The molecule has 0 heterocycles. The van der Waals surface area contributed by atoms with E-state index in [1.165, 1.54) is 12.1 Å². The maximum Gasteiger partial charge on any atom is 0.374 e. The van der Waals surface area contributed by atoms with Crippen molar-refractivity contribution in [2.45, 2.75) is 19.3 Å². The Morgan fingerprint density at radius 3 is 2.53 bits per heavy atom. The minimum atomic E-state index is -3.93. The molecule has 0 radical (unpaired) electrons. The first-order chi connectivity index (χ1) is 6.83. The molecule has 0 atom stereocenters. The van der Waals surface area contributed by atoms with E-state index >= 15 is 0 Å². The Bertz CT molecular complexity index is 388. The standard InChI is InChI=1S/C10H9F3O2/c1-6-2-3-7(8(11)4-6)5-10(12,13)9(14)15/h2-4H,5H2,1H3,(H,14,15). The van der Waals surface area contributed by atoms with Gasteiger partial charge in [0, 0.05) is 0 Å². The summed E-state index contributed by atoms with van der Waals surface area (Å²) in [7, 11) is 0. The zero-order chi connectivity index (χ0) is 11.6. The summed E-state index contributed by atoms with van der Waals surface area (Å²) in [5.41, 5.74) is 0.294. The lowest BCUT2D eigenvalue weighted by Crippen LogP contribution is -2.31. The smallest absolute Gasteiger partial charge is 0.374 e. The number of alkyl halides is 2. The van der Waals surface area contributed by atoms with Gasteiger partial charge in [-0.15, -0.1) is 0 Å². The van der Waals surface area contributed by atoms with Crippen LogP contribution < -0.4 is 0 Å². The third-order valence-electron chi connectivity index (χ3n) is 1.93. The van der Waals surface area contributed by atoms with Gasteiger partial charge in [-0.25, -0.2) is 9.18 Å². The van der Waals surface area contributed by atoms with E-state index in [-0.39, 0.29) is 5.56 Å². The Morgan fingerprint density at radius 1 is 1.47 bits per heavy atom. The van der Waals surface area contributed by atoms with Crippen LogP contribution >= 0.6 is 0 Å². The fraction of sp³-hybridized carbons (Fsp3) is 0.300. The van der Waals surface area contributed by atoms with Crippen molar-refractivity contribution in [1.82, 2.24) is 0 Å². The van der Waals surface area contributed by atoms with Gasteiger partial charge >= 0.3 is 11.9 Å². The molecule has 0 aromatic heterocycles. The van der Waals surface area contributed by atoms with Crippen LogP contribution in [0.2, 0.25) is 0 Å². The van der Waals surface area contributed by atoms with Gasteiger partial charge in [0.05, 0.1) is 6.42 Å². The van der Waals surface area contributed by atoms with Crippen LogP contribution in [0.25, 0.3) is 0 Å².